The highest BCUT2D eigenvalue weighted by atomic mass is 79.9. The van der Waals surface area contributed by atoms with Crippen molar-refractivity contribution >= 4 is 15.9 Å². The minimum Gasteiger partial charge on any atom is -0.314 e. The summed E-state index contributed by atoms with van der Waals surface area (Å²) >= 11 is 3.31. The molecular weight excluding hydrogens is 305 g/mol. The average molecular weight is 328 g/mol. The third-order valence-electron chi connectivity index (χ3n) is 3.60. The molecule has 1 nitrogen and oxygen atoms in total. The molecule has 1 aromatic rings. The summed E-state index contributed by atoms with van der Waals surface area (Å²) in [7, 11) is 0. The molecule has 1 aliphatic rings. The van der Waals surface area contributed by atoms with E-state index >= 15 is 0 Å². The zero-order valence-electron chi connectivity index (χ0n) is 11.8. The Kier molecular flexibility index (Phi) is 5.40. The molecule has 0 amide bonds. The second-order valence-electron chi connectivity index (χ2n) is 6.12. The van der Waals surface area contributed by atoms with E-state index in [-0.39, 0.29) is 5.82 Å². The Hall–Kier alpha value is -0.410. The first-order valence-electron chi connectivity index (χ1n) is 7.22. The van der Waals surface area contributed by atoms with Gasteiger partial charge in [-0.1, -0.05) is 35.8 Å². The molecule has 0 aromatic heterocycles. The van der Waals surface area contributed by atoms with Crippen LogP contribution in [0, 0.1) is 17.7 Å². The molecule has 0 bridgehead atoms. The van der Waals surface area contributed by atoms with Crippen LogP contribution in [0.4, 0.5) is 4.39 Å². The minimum absolute atomic E-state index is 0.0884. The second kappa shape index (κ2) is 6.85. The van der Waals surface area contributed by atoms with Crippen LogP contribution in [0.5, 0.6) is 0 Å². The largest absolute Gasteiger partial charge is 0.314 e. The first-order valence-corrected chi connectivity index (χ1v) is 8.01. The normalized spacial score (nSPS) is 16.9. The monoisotopic (exact) mass is 327 g/mol. The average Bonchev–Trinajstić information content (AvgIpc) is 3.13. The Morgan fingerprint density at radius 1 is 1.37 bits per heavy atom. The van der Waals surface area contributed by atoms with Gasteiger partial charge in [0.1, 0.15) is 5.82 Å². The lowest BCUT2D eigenvalue weighted by molar-refractivity contribution is 0.379. The Balaban J connectivity index is 1.96. The highest BCUT2D eigenvalue weighted by Gasteiger charge is 2.22. The van der Waals surface area contributed by atoms with Gasteiger partial charge in [-0.05, 0) is 61.8 Å². The number of benzene rings is 1. The van der Waals surface area contributed by atoms with Gasteiger partial charge in [0.05, 0.1) is 0 Å². The maximum atomic E-state index is 13.9. The Bertz CT molecular complexity index is 415. The van der Waals surface area contributed by atoms with E-state index in [0.29, 0.717) is 11.8 Å². The summed E-state index contributed by atoms with van der Waals surface area (Å²) in [6.45, 7) is 5.49. The maximum Gasteiger partial charge on any atom is 0.127 e. The van der Waals surface area contributed by atoms with E-state index in [0.717, 1.165) is 35.5 Å². The lowest BCUT2D eigenvalue weighted by Crippen LogP contribution is -2.27. The predicted molar refractivity (Wildman–Crippen MR) is 81.8 cm³/mol. The summed E-state index contributed by atoms with van der Waals surface area (Å²) < 4.78 is 14.7. The van der Waals surface area contributed by atoms with Crippen molar-refractivity contribution in [3.63, 3.8) is 0 Å². The van der Waals surface area contributed by atoms with E-state index in [1.54, 1.807) is 6.07 Å². The lowest BCUT2D eigenvalue weighted by Gasteiger charge is -2.20. The van der Waals surface area contributed by atoms with Gasteiger partial charge in [0.2, 0.25) is 0 Å². The van der Waals surface area contributed by atoms with Gasteiger partial charge >= 0.3 is 0 Å². The molecule has 1 unspecified atom stereocenters. The first-order chi connectivity index (χ1) is 9.04. The highest BCUT2D eigenvalue weighted by Crippen LogP contribution is 2.24. The number of nitrogens with one attached hydrogen (secondary N) is 1. The third kappa shape index (κ3) is 5.23. The fourth-order valence-corrected chi connectivity index (χ4v) is 2.86. The Morgan fingerprint density at radius 2 is 2.11 bits per heavy atom. The number of rotatable bonds is 7. The molecule has 0 aliphatic heterocycles. The Labute approximate surface area is 124 Å². The van der Waals surface area contributed by atoms with Gasteiger partial charge in [0.15, 0.2) is 0 Å². The van der Waals surface area contributed by atoms with Crippen LogP contribution < -0.4 is 5.32 Å². The van der Waals surface area contributed by atoms with Crippen molar-refractivity contribution in [3.8, 4) is 0 Å². The van der Waals surface area contributed by atoms with Gasteiger partial charge in [0, 0.05) is 10.5 Å². The van der Waals surface area contributed by atoms with Gasteiger partial charge in [-0.3, -0.25) is 0 Å². The van der Waals surface area contributed by atoms with Crippen LogP contribution in [0.1, 0.15) is 38.7 Å². The van der Waals surface area contributed by atoms with Crippen LogP contribution >= 0.6 is 15.9 Å². The number of hydrogen-bond acceptors (Lipinski definition) is 1. The summed E-state index contributed by atoms with van der Waals surface area (Å²) in [6.07, 6.45) is 4.59. The molecule has 1 atom stereocenters. The van der Waals surface area contributed by atoms with Crippen molar-refractivity contribution in [3.05, 3.63) is 34.1 Å². The molecule has 106 valence electrons. The van der Waals surface area contributed by atoms with Crippen LogP contribution in [-0.2, 0) is 6.42 Å². The molecule has 19 heavy (non-hydrogen) atoms. The molecule has 0 saturated heterocycles. The molecule has 1 N–H and O–H groups in total. The molecular formula is C16H23BrFN. The van der Waals surface area contributed by atoms with Gasteiger partial charge in [-0.2, -0.15) is 0 Å². The summed E-state index contributed by atoms with van der Waals surface area (Å²) in [5, 5.41) is 3.58. The fraction of sp³-hybridized carbons (Fsp3) is 0.625. The molecule has 0 radical (unpaired) electrons. The zero-order valence-corrected chi connectivity index (χ0v) is 13.3. The summed E-state index contributed by atoms with van der Waals surface area (Å²) in [6, 6.07) is 6.13. The van der Waals surface area contributed by atoms with E-state index in [2.05, 4.69) is 35.1 Å². The standard InChI is InChI=1S/C16H23BrFN/c1-11(2)7-12(10-19-15-5-6-15)8-13-3-4-14(17)9-16(13)18/h3-4,9,11-12,15,19H,5-8,10H2,1-2H3. The SMILES string of the molecule is CC(C)CC(CNC1CC1)Cc1ccc(Br)cc1F. The highest BCUT2D eigenvalue weighted by molar-refractivity contribution is 9.10. The van der Waals surface area contributed by atoms with Gasteiger partial charge in [-0.15, -0.1) is 0 Å². The molecule has 3 heteroatoms. The molecule has 0 heterocycles. The van der Waals surface area contributed by atoms with E-state index in [1.165, 1.54) is 12.8 Å². The smallest absolute Gasteiger partial charge is 0.127 e. The Morgan fingerprint density at radius 3 is 2.68 bits per heavy atom. The van der Waals surface area contributed by atoms with E-state index in [4.69, 9.17) is 0 Å². The molecule has 1 aliphatic carbocycles. The number of halogens is 2. The minimum atomic E-state index is -0.0884. The van der Waals surface area contributed by atoms with Crippen LogP contribution in [0.15, 0.2) is 22.7 Å². The van der Waals surface area contributed by atoms with Crippen LogP contribution in [0.3, 0.4) is 0 Å². The molecule has 2 rings (SSSR count). The van der Waals surface area contributed by atoms with Crippen LogP contribution in [0.25, 0.3) is 0 Å². The summed E-state index contributed by atoms with van der Waals surface area (Å²) in [5.41, 5.74) is 0.839. The quantitative estimate of drug-likeness (QED) is 0.774. The molecule has 1 saturated carbocycles. The van der Waals surface area contributed by atoms with Crippen molar-refractivity contribution in [2.75, 3.05) is 6.54 Å². The van der Waals surface area contributed by atoms with E-state index in [1.807, 2.05) is 12.1 Å². The second-order valence-corrected chi connectivity index (χ2v) is 7.03. The maximum absolute atomic E-state index is 13.9. The lowest BCUT2D eigenvalue weighted by atomic mass is 9.90. The van der Waals surface area contributed by atoms with Crippen molar-refractivity contribution in [1.29, 1.82) is 0 Å². The first kappa shape index (κ1) is 15.0. The van der Waals surface area contributed by atoms with Gasteiger partial charge < -0.3 is 5.32 Å². The van der Waals surface area contributed by atoms with Crippen LogP contribution in [0.2, 0.25) is 0 Å². The van der Waals surface area contributed by atoms with Crippen molar-refractivity contribution in [1.82, 2.24) is 5.32 Å². The fourth-order valence-electron chi connectivity index (χ4n) is 2.52. The van der Waals surface area contributed by atoms with Crippen LogP contribution in [-0.4, -0.2) is 12.6 Å². The van der Waals surface area contributed by atoms with Gasteiger partial charge in [0.25, 0.3) is 0 Å². The summed E-state index contributed by atoms with van der Waals surface area (Å²) in [5.74, 6) is 1.09. The predicted octanol–water partition coefficient (Wildman–Crippen LogP) is 4.55. The number of hydrogen-bond donors (Lipinski definition) is 1. The van der Waals surface area contributed by atoms with Crippen molar-refractivity contribution < 1.29 is 4.39 Å². The van der Waals surface area contributed by atoms with E-state index < -0.39 is 0 Å². The van der Waals surface area contributed by atoms with Crippen molar-refractivity contribution in [2.45, 2.75) is 45.6 Å². The topological polar surface area (TPSA) is 12.0 Å². The summed E-state index contributed by atoms with van der Waals surface area (Å²) in [4.78, 5) is 0. The molecule has 0 spiro atoms. The third-order valence-corrected chi connectivity index (χ3v) is 4.09. The van der Waals surface area contributed by atoms with Gasteiger partial charge in [-0.25, -0.2) is 4.39 Å². The van der Waals surface area contributed by atoms with E-state index in [9.17, 15) is 4.39 Å². The zero-order chi connectivity index (χ0) is 13.8. The molecule has 1 fully saturated rings. The molecule has 1 aromatic carbocycles. The van der Waals surface area contributed by atoms with Crippen molar-refractivity contribution in [2.24, 2.45) is 11.8 Å².